The molecule has 0 spiro atoms. The number of carboxylic acids is 1. The number of aliphatic carboxylic acids is 1. The zero-order chi connectivity index (χ0) is 22.4. The molecule has 1 aliphatic rings. The van der Waals surface area contributed by atoms with Crippen LogP contribution in [0, 0.1) is 23.2 Å². The summed E-state index contributed by atoms with van der Waals surface area (Å²) in [4.78, 5) is 13.1. The van der Waals surface area contributed by atoms with Gasteiger partial charge in [0.25, 0.3) is 0 Å². The van der Waals surface area contributed by atoms with Crippen LogP contribution in [0.4, 0.5) is 0 Å². The molecule has 30 heavy (non-hydrogen) atoms. The molecule has 2 nitrogen and oxygen atoms in total. The number of rotatable bonds is 16. The van der Waals surface area contributed by atoms with Crippen LogP contribution in [0.3, 0.4) is 0 Å². The van der Waals surface area contributed by atoms with Crippen molar-refractivity contribution in [3.05, 3.63) is 23.1 Å². The second-order valence-electron chi connectivity index (χ2n) is 10.5. The molecular formula is C27H48O2S. The van der Waals surface area contributed by atoms with Gasteiger partial charge < -0.3 is 5.11 Å². The first kappa shape index (κ1) is 27.3. The lowest BCUT2D eigenvalue weighted by molar-refractivity contribution is -0.142. The largest absolute Gasteiger partial charge is 0.481 e. The second kappa shape index (κ2) is 15.2. The molecule has 0 heterocycles. The molecule has 3 heteroatoms. The summed E-state index contributed by atoms with van der Waals surface area (Å²) >= 11 is 2.01. The number of carboxylic acid groups (broad SMARTS) is 1. The Bertz CT molecular complexity index is 529. The van der Waals surface area contributed by atoms with Crippen molar-refractivity contribution in [1.29, 1.82) is 0 Å². The maximum absolute atomic E-state index is 11.5. The Kier molecular flexibility index (Phi) is 13.8. The first-order chi connectivity index (χ1) is 14.2. The standard InChI is InChI=1S/C27H48O2S/c1-6-7-13-22(2)14-8-9-15-23-17-12-18-25(23)30-21-11-10-16-24(26(28)29)19-20-27(3,4)5/h9,15,18,22-24H,6-8,10-14,16-17,19-21H2,1-5H3,(H,28,29)/t22?,23-,24?/m0/s1. The highest BCUT2D eigenvalue weighted by atomic mass is 32.2. The lowest BCUT2D eigenvalue weighted by Gasteiger charge is -2.21. The molecule has 0 aromatic heterocycles. The number of thioether (sulfide) groups is 1. The van der Waals surface area contributed by atoms with Gasteiger partial charge in [0.05, 0.1) is 5.92 Å². The SMILES string of the molecule is CCCCC(C)CCC=C[C@H]1CCC=C1SCCCCC(CCC(C)(C)C)C(=O)O. The maximum Gasteiger partial charge on any atom is 0.306 e. The topological polar surface area (TPSA) is 37.3 Å². The molecule has 0 bridgehead atoms. The lowest BCUT2D eigenvalue weighted by Crippen LogP contribution is -2.17. The fraction of sp³-hybridized carbons (Fsp3) is 0.815. The number of hydrogen-bond donors (Lipinski definition) is 1. The third kappa shape index (κ3) is 12.9. The highest BCUT2D eigenvalue weighted by Gasteiger charge is 2.21. The fourth-order valence-electron chi connectivity index (χ4n) is 4.08. The van der Waals surface area contributed by atoms with Gasteiger partial charge >= 0.3 is 5.97 Å². The Morgan fingerprint density at radius 3 is 2.63 bits per heavy atom. The molecule has 0 saturated heterocycles. The van der Waals surface area contributed by atoms with Crippen LogP contribution in [0.5, 0.6) is 0 Å². The Morgan fingerprint density at radius 1 is 1.20 bits per heavy atom. The zero-order valence-corrected chi connectivity index (χ0v) is 21.2. The summed E-state index contributed by atoms with van der Waals surface area (Å²) in [5, 5.41) is 9.49. The number of unbranched alkanes of at least 4 members (excludes halogenated alkanes) is 2. The second-order valence-corrected chi connectivity index (χ2v) is 11.7. The van der Waals surface area contributed by atoms with Crippen molar-refractivity contribution in [3.8, 4) is 0 Å². The highest BCUT2D eigenvalue weighted by Crippen LogP contribution is 2.36. The van der Waals surface area contributed by atoms with Crippen molar-refractivity contribution in [1.82, 2.24) is 0 Å². The molecule has 0 radical (unpaired) electrons. The van der Waals surface area contributed by atoms with E-state index in [-0.39, 0.29) is 11.3 Å². The number of allylic oxidation sites excluding steroid dienone is 4. The summed E-state index contributed by atoms with van der Waals surface area (Å²) in [6, 6.07) is 0. The molecule has 1 rings (SSSR count). The van der Waals surface area contributed by atoms with Crippen LogP contribution in [0.1, 0.15) is 112 Å². The maximum atomic E-state index is 11.5. The molecule has 3 atom stereocenters. The normalized spacial score (nSPS) is 19.2. The highest BCUT2D eigenvalue weighted by molar-refractivity contribution is 8.03. The van der Waals surface area contributed by atoms with Crippen LogP contribution < -0.4 is 0 Å². The monoisotopic (exact) mass is 436 g/mol. The van der Waals surface area contributed by atoms with E-state index in [0.29, 0.717) is 5.92 Å². The van der Waals surface area contributed by atoms with Crippen molar-refractivity contribution in [2.45, 2.75) is 112 Å². The van der Waals surface area contributed by atoms with Gasteiger partial charge in [-0.05, 0) is 73.4 Å². The summed E-state index contributed by atoms with van der Waals surface area (Å²) in [6.45, 7) is 11.2. The van der Waals surface area contributed by atoms with Gasteiger partial charge in [0.15, 0.2) is 0 Å². The van der Waals surface area contributed by atoms with Crippen LogP contribution in [0.15, 0.2) is 23.1 Å². The van der Waals surface area contributed by atoms with Gasteiger partial charge in [0, 0.05) is 5.92 Å². The summed E-state index contributed by atoms with van der Waals surface area (Å²) < 4.78 is 0. The summed E-state index contributed by atoms with van der Waals surface area (Å²) in [7, 11) is 0. The Balaban J connectivity index is 2.23. The van der Waals surface area contributed by atoms with Crippen molar-refractivity contribution < 1.29 is 9.90 Å². The molecule has 0 saturated carbocycles. The Morgan fingerprint density at radius 2 is 1.97 bits per heavy atom. The van der Waals surface area contributed by atoms with Crippen molar-refractivity contribution in [2.75, 3.05) is 5.75 Å². The van der Waals surface area contributed by atoms with E-state index in [9.17, 15) is 9.90 Å². The fourth-order valence-corrected chi connectivity index (χ4v) is 5.31. The van der Waals surface area contributed by atoms with Crippen molar-refractivity contribution in [2.24, 2.45) is 23.2 Å². The van der Waals surface area contributed by atoms with Gasteiger partial charge in [-0.25, -0.2) is 0 Å². The van der Waals surface area contributed by atoms with Crippen LogP contribution in [0.25, 0.3) is 0 Å². The minimum atomic E-state index is -0.611. The van der Waals surface area contributed by atoms with E-state index in [2.05, 4.69) is 52.8 Å². The van der Waals surface area contributed by atoms with Gasteiger partial charge in [-0.2, -0.15) is 0 Å². The smallest absolute Gasteiger partial charge is 0.306 e. The number of hydrogen-bond acceptors (Lipinski definition) is 2. The Labute approximate surface area is 191 Å². The minimum absolute atomic E-state index is 0.171. The molecule has 2 unspecified atom stereocenters. The van der Waals surface area contributed by atoms with Gasteiger partial charge in [-0.15, -0.1) is 11.8 Å². The van der Waals surface area contributed by atoms with E-state index >= 15 is 0 Å². The van der Waals surface area contributed by atoms with Crippen molar-refractivity contribution in [3.63, 3.8) is 0 Å². The molecule has 0 aromatic carbocycles. The van der Waals surface area contributed by atoms with Gasteiger partial charge in [0.2, 0.25) is 0 Å². The minimum Gasteiger partial charge on any atom is -0.481 e. The molecule has 0 aromatic rings. The molecule has 0 amide bonds. The zero-order valence-electron chi connectivity index (χ0n) is 20.4. The predicted octanol–water partition coefficient (Wildman–Crippen LogP) is 8.87. The van der Waals surface area contributed by atoms with Crippen LogP contribution in [0.2, 0.25) is 0 Å². The van der Waals surface area contributed by atoms with E-state index < -0.39 is 5.97 Å². The van der Waals surface area contributed by atoms with Crippen LogP contribution in [-0.2, 0) is 4.79 Å². The molecule has 1 N–H and O–H groups in total. The van der Waals surface area contributed by atoms with E-state index in [1.165, 1.54) is 44.9 Å². The van der Waals surface area contributed by atoms with E-state index in [1.807, 2.05) is 11.8 Å². The summed E-state index contributed by atoms with van der Waals surface area (Å²) in [6.07, 6.45) is 21.1. The average molecular weight is 437 g/mol. The van der Waals surface area contributed by atoms with E-state index in [1.54, 1.807) is 4.91 Å². The summed E-state index contributed by atoms with van der Waals surface area (Å²) in [5.41, 5.74) is 0.217. The molecule has 0 aliphatic heterocycles. The van der Waals surface area contributed by atoms with Crippen molar-refractivity contribution >= 4 is 17.7 Å². The van der Waals surface area contributed by atoms with Gasteiger partial charge in [-0.3, -0.25) is 4.79 Å². The van der Waals surface area contributed by atoms with Crippen LogP contribution >= 0.6 is 11.8 Å². The first-order valence-electron chi connectivity index (χ1n) is 12.4. The molecular weight excluding hydrogens is 388 g/mol. The average Bonchev–Trinajstić information content (AvgIpc) is 3.11. The summed E-state index contributed by atoms with van der Waals surface area (Å²) in [5.74, 6) is 1.81. The third-order valence-corrected chi connectivity index (χ3v) is 7.54. The van der Waals surface area contributed by atoms with E-state index in [0.717, 1.165) is 43.8 Å². The van der Waals surface area contributed by atoms with Gasteiger partial charge in [0.1, 0.15) is 0 Å². The third-order valence-electron chi connectivity index (χ3n) is 6.24. The molecule has 1 aliphatic carbocycles. The Hall–Kier alpha value is -0.700. The first-order valence-corrected chi connectivity index (χ1v) is 13.4. The predicted molar refractivity (Wildman–Crippen MR) is 134 cm³/mol. The quantitative estimate of drug-likeness (QED) is 0.194. The lowest BCUT2D eigenvalue weighted by atomic mass is 9.85. The number of carbonyl (C=O) groups is 1. The van der Waals surface area contributed by atoms with Gasteiger partial charge in [-0.1, -0.05) is 78.5 Å². The molecule has 174 valence electrons. The van der Waals surface area contributed by atoms with E-state index in [4.69, 9.17) is 0 Å². The molecule has 0 fully saturated rings. The van der Waals surface area contributed by atoms with Crippen LogP contribution in [-0.4, -0.2) is 16.8 Å².